The van der Waals surface area contributed by atoms with Crippen LogP contribution in [0, 0.1) is 0 Å². The highest BCUT2D eigenvalue weighted by molar-refractivity contribution is 7.98. The second-order valence-corrected chi connectivity index (χ2v) is 5.37. The van der Waals surface area contributed by atoms with Gasteiger partial charge in [0.2, 0.25) is 0 Å². The normalized spacial score (nSPS) is 10.8. The third kappa shape index (κ3) is 3.01. The Bertz CT molecular complexity index is 512. The number of nitrogens with two attached hydrogens (primary N) is 1. The lowest BCUT2D eigenvalue weighted by Crippen LogP contribution is -2.03. The third-order valence-electron chi connectivity index (χ3n) is 2.67. The maximum atomic E-state index is 5.93. The van der Waals surface area contributed by atoms with Crippen LogP contribution in [0.25, 0.3) is 0 Å². The molecule has 3 nitrogen and oxygen atoms in total. The first-order valence-electron chi connectivity index (χ1n) is 5.95. The number of anilines is 1. The maximum absolute atomic E-state index is 5.93. The molecule has 1 aromatic carbocycles. The molecule has 18 heavy (non-hydrogen) atoms. The van der Waals surface area contributed by atoms with Crippen molar-refractivity contribution >= 4 is 17.6 Å². The Morgan fingerprint density at radius 1 is 1.17 bits per heavy atom. The van der Waals surface area contributed by atoms with Crippen molar-refractivity contribution in [2.45, 2.75) is 30.5 Å². The van der Waals surface area contributed by atoms with Crippen LogP contribution in [0.4, 0.5) is 5.82 Å². The zero-order chi connectivity index (χ0) is 13.0. The summed E-state index contributed by atoms with van der Waals surface area (Å²) in [4.78, 5) is 8.42. The first kappa shape index (κ1) is 12.9. The molecule has 0 radical (unpaired) electrons. The van der Waals surface area contributed by atoms with Crippen molar-refractivity contribution in [2.75, 3.05) is 5.73 Å². The number of nitrogen functional groups attached to an aromatic ring is 1. The molecule has 0 amide bonds. The third-order valence-corrected chi connectivity index (χ3v) is 3.75. The number of hydrogen-bond acceptors (Lipinski definition) is 4. The topological polar surface area (TPSA) is 51.8 Å². The van der Waals surface area contributed by atoms with Crippen molar-refractivity contribution in [2.24, 2.45) is 0 Å². The van der Waals surface area contributed by atoms with Gasteiger partial charge in [-0.05, 0) is 11.5 Å². The first-order chi connectivity index (χ1) is 8.68. The minimum atomic E-state index is 0.337. The van der Waals surface area contributed by atoms with Crippen LogP contribution < -0.4 is 5.73 Å². The predicted molar refractivity (Wildman–Crippen MR) is 76.5 cm³/mol. The Balaban J connectivity index is 2.17. The number of benzene rings is 1. The predicted octanol–water partition coefficient (Wildman–Crippen LogP) is 3.47. The Morgan fingerprint density at radius 2 is 1.89 bits per heavy atom. The molecule has 1 aromatic heterocycles. The van der Waals surface area contributed by atoms with E-state index in [1.54, 1.807) is 11.8 Å². The number of aromatic nitrogens is 2. The molecular formula is C14H17N3S. The van der Waals surface area contributed by atoms with Crippen LogP contribution >= 0.6 is 11.8 Å². The van der Waals surface area contributed by atoms with E-state index >= 15 is 0 Å². The van der Waals surface area contributed by atoms with Crippen LogP contribution in [-0.4, -0.2) is 9.97 Å². The lowest BCUT2D eigenvalue weighted by molar-refractivity contribution is 0.808. The van der Waals surface area contributed by atoms with E-state index in [4.69, 9.17) is 5.73 Å². The van der Waals surface area contributed by atoms with Gasteiger partial charge in [-0.15, -0.1) is 11.8 Å². The Morgan fingerprint density at radius 3 is 2.56 bits per heavy atom. The van der Waals surface area contributed by atoms with Crippen LogP contribution in [0.5, 0.6) is 0 Å². The van der Waals surface area contributed by atoms with E-state index in [1.807, 2.05) is 18.2 Å². The summed E-state index contributed by atoms with van der Waals surface area (Å²) in [7, 11) is 0. The molecule has 0 spiro atoms. The molecule has 0 atom stereocenters. The fourth-order valence-corrected chi connectivity index (χ4v) is 2.89. The van der Waals surface area contributed by atoms with Crippen molar-refractivity contribution < 1.29 is 0 Å². The quantitative estimate of drug-likeness (QED) is 0.674. The number of thioether (sulfide) groups is 1. The summed E-state index contributed by atoms with van der Waals surface area (Å²) in [5, 5.41) is 0.987. The molecule has 0 aliphatic heterocycles. The highest BCUT2D eigenvalue weighted by atomic mass is 32.2. The molecule has 0 saturated heterocycles. The van der Waals surface area contributed by atoms with E-state index in [2.05, 4.69) is 35.9 Å². The second kappa shape index (κ2) is 5.87. The van der Waals surface area contributed by atoms with Gasteiger partial charge in [0.1, 0.15) is 17.2 Å². The average Bonchev–Trinajstić information content (AvgIpc) is 2.37. The molecule has 0 fully saturated rings. The minimum Gasteiger partial charge on any atom is -0.383 e. The Labute approximate surface area is 112 Å². The highest BCUT2D eigenvalue weighted by Gasteiger charge is 2.13. The van der Waals surface area contributed by atoms with Crippen molar-refractivity contribution in [3.05, 3.63) is 47.8 Å². The van der Waals surface area contributed by atoms with E-state index in [0.717, 1.165) is 16.3 Å². The van der Waals surface area contributed by atoms with Gasteiger partial charge in [0.25, 0.3) is 0 Å². The molecular weight excluding hydrogens is 242 g/mol. The standard InChI is InChI=1S/C14H17N3S/c1-10(2)12-13(15)16-9-17-14(12)18-8-11-6-4-3-5-7-11/h3-7,9-10H,8H2,1-2H3,(H2,15,16,17). The fourth-order valence-electron chi connectivity index (χ4n) is 1.78. The maximum Gasteiger partial charge on any atom is 0.131 e. The summed E-state index contributed by atoms with van der Waals surface area (Å²) in [5.74, 6) is 1.83. The summed E-state index contributed by atoms with van der Waals surface area (Å²) < 4.78 is 0. The first-order valence-corrected chi connectivity index (χ1v) is 6.94. The zero-order valence-corrected chi connectivity index (χ0v) is 11.4. The summed E-state index contributed by atoms with van der Waals surface area (Å²) in [6.45, 7) is 4.23. The van der Waals surface area contributed by atoms with Gasteiger partial charge in [0.15, 0.2) is 0 Å². The van der Waals surface area contributed by atoms with E-state index in [0.29, 0.717) is 11.7 Å². The van der Waals surface area contributed by atoms with Crippen molar-refractivity contribution in [1.29, 1.82) is 0 Å². The number of rotatable bonds is 4. The summed E-state index contributed by atoms with van der Waals surface area (Å²) in [5.41, 5.74) is 8.27. The molecule has 0 aliphatic carbocycles. The van der Waals surface area contributed by atoms with Crippen LogP contribution in [0.15, 0.2) is 41.7 Å². The molecule has 94 valence electrons. The van der Waals surface area contributed by atoms with Gasteiger partial charge in [0.05, 0.1) is 0 Å². The average molecular weight is 259 g/mol. The highest BCUT2D eigenvalue weighted by Crippen LogP contribution is 2.31. The van der Waals surface area contributed by atoms with E-state index in [9.17, 15) is 0 Å². The molecule has 4 heteroatoms. The van der Waals surface area contributed by atoms with Gasteiger partial charge in [0, 0.05) is 11.3 Å². The smallest absolute Gasteiger partial charge is 0.131 e. The van der Waals surface area contributed by atoms with Crippen LogP contribution in [0.2, 0.25) is 0 Å². The van der Waals surface area contributed by atoms with Gasteiger partial charge in [-0.25, -0.2) is 9.97 Å². The molecule has 2 N–H and O–H groups in total. The number of nitrogens with zero attached hydrogens (tertiary/aromatic N) is 2. The molecule has 2 rings (SSSR count). The summed E-state index contributed by atoms with van der Waals surface area (Å²) in [6.07, 6.45) is 1.54. The molecule has 0 bridgehead atoms. The lowest BCUT2D eigenvalue weighted by atomic mass is 10.1. The minimum absolute atomic E-state index is 0.337. The van der Waals surface area contributed by atoms with Crippen LogP contribution in [0.1, 0.15) is 30.9 Å². The van der Waals surface area contributed by atoms with Crippen LogP contribution in [0.3, 0.4) is 0 Å². The van der Waals surface area contributed by atoms with E-state index in [1.165, 1.54) is 11.9 Å². The Kier molecular flexibility index (Phi) is 4.20. The largest absolute Gasteiger partial charge is 0.383 e. The summed E-state index contributed by atoms with van der Waals surface area (Å²) >= 11 is 1.71. The Hall–Kier alpha value is -1.55. The van der Waals surface area contributed by atoms with Gasteiger partial charge >= 0.3 is 0 Å². The van der Waals surface area contributed by atoms with E-state index in [-0.39, 0.29) is 0 Å². The monoisotopic (exact) mass is 259 g/mol. The van der Waals surface area contributed by atoms with Gasteiger partial charge in [-0.3, -0.25) is 0 Å². The fraction of sp³-hybridized carbons (Fsp3) is 0.286. The number of hydrogen-bond donors (Lipinski definition) is 1. The zero-order valence-electron chi connectivity index (χ0n) is 10.6. The van der Waals surface area contributed by atoms with Gasteiger partial charge in [-0.1, -0.05) is 44.2 Å². The molecule has 1 heterocycles. The molecule has 0 saturated carbocycles. The molecule has 0 unspecified atom stereocenters. The summed E-state index contributed by atoms with van der Waals surface area (Å²) in [6, 6.07) is 10.4. The van der Waals surface area contributed by atoms with Crippen LogP contribution in [-0.2, 0) is 5.75 Å². The van der Waals surface area contributed by atoms with Gasteiger partial charge < -0.3 is 5.73 Å². The van der Waals surface area contributed by atoms with Crippen molar-refractivity contribution in [1.82, 2.24) is 9.97 Å². The van der Waals surface area contributed by atoms with E-state index < -0.39 is 0 Å². The SMILES string of the molecule is CC(C)c1c(N)ncnc1SCc1ccccc1. The van der Waals surface area contributed by atoms with Crippen molar-refractivity contribution in [3.63, 3.8) is 0 Å². The second-order valence-electron chi connectivity index (χ2n) is 4.41. The lowest BCUT2D eigenvalue weighted by Gasteiger charge is -2.12. The molecule has 2 aromatic rings. The van der Waals surface area contributed by atoms with Crippen molar-refractivity contribution in [3.8, 4) is 0 Å². The van der Waals surface area contributed by atoms with Gasteiger partial charge in [-0.2, -0.15) is 0 Å². The molecule has 0 aliphatic rings.